The van der Waals surface area contributed by atoms with Gasteiger partial charge in [0.1, 0.15) is 0 Å². The van der Waals surface area contributed by atoms with Gasteiger partial charge in [-0.3, -0.25) is 4.79 Å². The zero-order chi connectivity index (χ0) is 19.4. The molecule has 0 N–H and O–H groups in total. The fourth-order valence-electron chi connectivity index (χ4n) is 3.36. The third-order valence-corrected chi connectivity index (χ3v) is 5.80. The zero-order valence-electron chi connectivity index (χ0n) is 16.5. The van der Waals surface area contributed by atoms with Crippen LogP contribution in [0.4, 0.5) is 0 Å². The Balaban J connectivity index is 1.92. The predicted octanol–water partition coefficient (Wildman–Crippen LogP) is 3.90. The Bertz CT molecular complexity index is 926. The maximum Gasteiger partial charge on any atom is 0.233 e. The number of hydrogen-bond acceptors (Lipinski definition) is 4. The maximum atomic E-state index is 12.3. The number of fused-ring (bicyclic) bond motifs is 1. The van der Waals surface area contributed by atoms with Crippen LogP contribution in [0.15, 0.2) is 35.6 Å². The SMILES string of the molecule is CCN(CC)C(=O)CSc1nnc(-c2cn(CC)c3ccccc23)n1CC. The summed E-state index contributed by atoms with van der Waals surface area (Å²) < 4.78 is 4.33. The molecule has 0 aliphatic rings. The van der Waals surface area contributed by atoms with Crippen LogP contribution in [0.1, 0.15) is 27.7 Å². The highest BCUT2D eigenvalue weighted by molar-refractivity contribution is 7.99. The molecular weight excluding hydrogens is 358 g/mol. The standard InChI is InChI=1S/C20H27N5OS/c1-5-23(6-2)18(26)14-27-20-22-21-19(25(20)8-4)16-13-24(7-3)17-12-10-9-11-15(16)17/h9-13H,5-8,14H2,1-4H3. The molecular formula is C20H27N5OS. The molecule has 144 valence electrons. The molecule has 0 fully saturated rings. The normalized spacial score (nSPS) is 11.3. The molecule has 0 aliphatic carbocycles. The molecule has 27 heavy (non-hydrogen) atoms. The highest BCUT2D eigenvalue weighted by Crippen LogP contribution is 2.31. The van der Waals surface area contributed by atoms with Gasteiger partial charge in [0.25, 0.3) is 0 Å². The minimum absolute atomic E-state index is 0.139. The molecule has 0 unspecified atom stereocenters. The van der Waals surface area contributed by atoms with E-state index in [0.29, 0.717) is 5.75 Å². The second-order valence-corrected chi connectivity index (χ2v) is 7.19. The molecule has 0 saturated heterocycles. The van der Waals surface area contributed by atoms with Crippen LogP contribution < -0.4 is 0 Å². The van der Waals surface area contributed by atoms with Crippen LogP contribution in [-0.2, 0) is 17.9 Å². The first-order chi connectivity index (χ1) is 13.1. The lowest BCUT2D eigenvalue weighted by atomic mass is 10.1. The number of aromatic nitrogens is 4. The van der Waals surface area contributed by atoms with Gasteiger partial charge in [0, 0.05) is 48.8 Å². The zero-order valence-corrected chi connectivity index (χ0v) is 17.3. The molecule has 3 aromatic rings. The topological polar surface area (TPSA) is 56.0 Å². The number of carbonyl (C=O) groups excluding carboxylic acids is 1. The number of aryl methyl sites for hydroxylation is 1. The number of thioether (sulfide) groups is 1. The molecule has 0 spiro atoms. The molecule has 0 aliphatic heterocycles. The number of para-hydroxylation sites is 1. The Hall–Kier alpha value is -2.28. The van der Waals surface area contributed by atoms with Crippen LogP contribution in [0.5, 0.6) is 0 Å². The average molecular weight is 386 g/mol. The number of benzene rings is 1. The van der Waals surface area contributed by atoms with Crippen molar-refractivity contribution in [3.8, 4) is 11.4 Å². The Morgan fingerprint density at radius 3 is 2.48 bits per heavy atom. The van der Waals surface area contributed by atoms with Gasteiger partial charge < -0.3 is 14.0 Å². The van der Waals surface area contributed by atoms with E-state index in [2.05, 4.69) is 63.6 Å². The van der Waals surface area contributed by atoms with Crippen molar-refractivity contribution in [1.82, 2.24) is 24.2 Å². The van der Waals surface area contributed by atoms with Crippen LogP contribution in [0.3, 0.4) is 0 Å². The van der Waals surface area contributed by atoms with Gasteiger partial charge in [-0.1, -0.05) is 30.0 Å². The van der Waals surface area contributed by atoms with E-state index in [1.807, 2.05) is 18.7 Å². The van der Waals surface area contributed by atoms with E-state index in [4.69, 9.17) is 0 Å². The second-order valence-electron chi connectivity index (χ2n) is 6.25. The summed E-state index contributed by atoms with van der Waals surface area (Å²) in [6, 6.07) is 8.37. The van der Waals surface area contributed by atoms with Crippen molar-refractivity contribution >= 4 is 28.6 Å². The van der Waals surface area contributed by atoms with E-state index < -0.39 is 0 Å². The van der Waals surface area contributed by atoms with Gasteiger partial charge in [-0.05, 0) is 33.8 Å². The molecule has 0 atom stereocenters. The summed E-state index contributed by atoms with van der Waals surface area (Å²) in [5, 5.41) is 10.8. The lowest BCUT2D eigenvalue weighted by molar-refractivity contribution is -0.127. The van der Waals surface area contributed by atoms with Crippen LogP contribution in [0, 0.1) is 0 Å². The molecule has 2 aromatic heterocycles. The number of nitrogens with zero attached hydrogens (tertiary/aromatic N) is 5. The monoisotopic (exact) mass is 385 g/mol. The van der Waals surface area contributed by atoms with Crippen LogP contribution in [0.2, 0.25) is 0 Å². The summed E-state index contributed by atoms with van der Waals surface area (Å²) in [5.41, 5.74) is 2.29. The van der Waals surface area contributed by atoms with Gasteiger partial charge >= 0.3 is 0 Å². The van der Waals surface area contributed by atoms with Gasteiger partial charge in [-0.25, -0.2) is 0 Å². The summed E-state index contributed by atoms with van der Waals surface area (Å²) in [6.07, 6.45) is 2.15. The number of amides is 1. The first kappa shape index (κ1) is 19.5. The molecule has 0 radical (unpaired) electrons. The summed E-state index contributed by atoms with van der Waals surface area (Å²) in [4.78, 5) is 14.2. The highest BCUT2D eigenvalue weighted by atomic mass is 32.2. The van der Waals surface area contributed by atoms with Crippen molar-refractivity contribution in [2.24, 2.45) is 0 Å². The predicted molar refractivity (Wildman–Crippen MR) is 111 cm³/mol. The fourth-order valence-corrected chi connectivity index (χ4v) is 4.27. The van der Waals surface area contributed by atoms with Crippen molar-refractivity contribution in [3.05, 3.63) is 30.5 Å². The largest absolute Gasteiger partial charge is 0.347 e. The quantitative estimate of drug-likeness (QED) is 0.552. The van der Waals surface area contributed by atoms with Gasteiger partial charge in [0.05, 0.1) is 5.75 Å². The van der Waals surface area contributed by atoms with E-state index in [1.54, 1.807) is 0 Å². The summed E-state index contributed by atoms with van der Waals surface area (Å²) in [6.45, 7) is 11.4. The smallest absolute Gasteiger partial charge is 0.233 e. The van der Waals surface area contributed by atoms with Crippen molar-refractivity contribution < 1.29 is 4.79 Å². The van der Waals surface area contributed by atoms with Crippen molar-refractivity contribution in [2.75, 3.05) is 18.8 Å². The van der Waals surface area contributed by atoms with Gasteiger partial charge in [-0.2, -0.15) is 0 Å². The molecule has 7 heteroatoms. The average Bonchev–Trinajstić information content (AvgIpc) is 3.27. The summed E-state index contributed by atoms with van der Waals surface area (Å²) in [5.74, 6) is 1.38. The first-order valence-electron chi connectivity index (χ1n) is 9.56. The molecule has 1 aromatic carbocycles. The Kier molecular flexibility index (Phi) is 6.21. The van der Waals surface area contributed by atoms with Crippen LogP contribution in [-0.4, -0.2) is 49.0 Å². The fraction of sp³-hybridized carbons (Fsp3) is 0.450. The maximum absolute atomic E-state index is 12.3. The third-order valence-electron chi connectivity index (χ3n) is 4.84. The Labute approximate surface area is 164 Å². The molecule has 3 rings (SSSR count). The van der Waals surface area contributed by atoms with E-state index in [0.717, 1.165) is 42.7 Å². The summed E-state index contributed by atoms with van der Waals surface area (Å²) >= 11 is 1.46. The Morgan fingerprint density at radius 2 is 1.81 bits per heavy atom. The number of carbonyl (C=O) groups is 1. The molecule has 2 heterocycles. The Morgan fingerprint density at radius 1 is 1.07 bits per heavy atom. The van der Waals surface area contributed by atoms with Gasteiger partial charge in [0.15, 0.2) is 11.0 Å². The molecule has 0 saturated carbocycles. The number of rotatable bonds is 8. The van der Waals surface area contributed by atoms with E-state index in [-0.39, 0.29) is 5.91 Å². The van der Waals surface area contributed by atoms with E-state index in [1.165, 1.54) is 22.7 Å². The molecule has 6 nitrogen and oxygen atoms in total. The molecule has 1 amide bonds. The van der Waals surface area contributed by atoms with E-state index in [9.17, 15) is 4.79 Å². The summed E-state index contributed by atoms with van der Waals surface area (Å²) in [7, 11) is 0. The van der Waals surface area contributed by atoms with Crippen LogP contribution in [0.25, 0.3) is 22.3 Å². The minimum Gasteiger partial charge on any atom is -0.347 e. The first-order valence-corrected chi connectivity index (χ1v) is 10.5. The minimum atomic E-state index is 0.139. The van der Waals surface area contributed by atoms with Gasteiger partial charge in [-0.15, -0.1) is 10.2 Å². The third kappa shape index (κ3) is 3.74. The van der Waals surface area contributed by atoms with Crippen molar-refractivity contribution in [1.29, 1.82) is 0 Å². The lowest BCUT2D eigenvalue weighted by Gasteiger charge is -2.18. The van der Waals surface area contributed by atoms with Crippen molar-refractivity contribution in [3.63, 3.8) is 0 Å². The highest BCUT2D eigenvalue weighted by Gasteiger charge is 2.19. The van der Waals surface area contributed by atoms with Crippen LogP contribution >= 0.6 is 11.8 Å². The van der Waals surface area contributed by atoms with Gasteiger partial charge in [0.2, 0.25) is 5.91 Å². The molecule has 0 bridgehead atoms. The second kappa shape index (κ2) is 8.61. The lowest BCUT2D eigenvalue weighted by Crippen LogP contribution is -2.31. The number of hydrogen-bond donors (Lipinski definition) is 0. The van der Waals surface area contributed by atoms with E-state index >= 15 is 0 Å². The van der Waals surface area contributed by atoms with Crippen molar-refractivity contribution in [2.45, 2.75) is 45.9 Å².